The molecule has 0 spiro atoms. The number of likely N-dealkylation sites (N-methyl/N-ethyl adjacent to an activating group) is 1. The molecule has 19 heavy (non-hydrogen) atoms. The largest absolute Gasteiger partial charge is 0.324 e. The van der Waals surface area contributed by atoms with Crippen molar-refractivity contribution in [1.82, 2.24) is 4.90 Å². The summed E-state index contributed by atoms with van der Waals surface area (Å²) >= 11 is 6.01. The fourth-order valence-corrected chi connectivity index (χ4v) is 1.77. The quantitative estimate of drug-likeness (QED) is 0.902. The molecule has 0 aromatic heterocycles. The van der Waals surface area contributed by atoms with Crippen LogP contribution in [0.5, 0.6) is 0 Å². The lowest BCUT2D eigenvalue weighted by atomic mass is 10.2. The lowest BCUT2D eigenvalue weighted by Gasteiger charge is -2.23. The average Bonchev–Trinajstić information content (AvgIpc) is 2.40. The third-order valence-electron chi connectivity index (χ3n) is 3.14. The minimum Gasteiger partial charge on any atom is -0.324 e. The Morgan fingerprint density at radius 1 is 1.58 bits per heavy atom. The lowest BCUT2D eigenvalue weighted by Crippen LogP contribution is -2.40. The molecular weight excluding hydrogens is 262 g/mol. The third kappa shape index (κ3) is 4.23. The number of carbonyl (C=O) groups is 1. The first-order valence-corrected chi connectivity index (χ1v) is 6.48. The first-order valence-electron chi connectivity index (χ1n) is 6.10. The van der Waals surface area contributed by atoms with Crippen LogP contribution in [0.25, 0.3) is 0 Å². The van der Waals surface area contributed by atoms with Gasteiger partial charge in [0.25, 0.3) is 0 Å². The standard InChI is InChI=1S/C14H18ClN3O/c1-10-12(15)6-4-7-13(10)17-14(19)11(2)18(3)9-5-8-16/h4,6-7,11H,5,9H2,1-3H3,(H,17,19). The number of halogens is 1. The molecule has 1 N–H and O–H groups in total. The number of nitrogens with one attached hydrogen (secondary N) is 1. The number of carbonyl (C=O) groups excluding carboxylic acids is 1. The molecule has 1 aromatic rings. The van der Waals surface area contributed by atoms with E-state index in [0.717, 1.165) is 11.3 Å². The highest BCUT2D eigenvalue weighted by atomic mass is 35.5. The van der Waals surface area contributed by atoms with Crippen molar-refractivity contribution in [2.75, 3.05) is 18.9 Å². The highest BCUT2D eigenvalue weighted by molar-refractivity contribution is 6.31. The van der Waals surface area contributed by atoms with Gasteiger partial charge in [-0.15, -0.1) is 0 Å². The molecule has 102 valence electrons. The second-order valence-electron chi connectivity index (χ2n) is 4.47. The van der Waals surface area contributed by atoms with Crippen molar-refractivity contribution in [2.24, 2.45) is 0 Å². The number of nitriles is 1. The number of benzene rings is 1. The first kappa shape index (κ1) is 15.5. The van der Waals surface area contributed by atoms with Gasteiger partial charge in [-0.25, -0.2) is 0 Å². The van der Waals surface area contributed by atoms with Gasteiger partial charge >= 0.3 is 0 Å². The number of hydrogen-bond donors (Lipinski definition) is 1. The maximum absolute atomic E-state index is 12.1. The fraction of sp³-hybridized carbons (Fsp3) is 0.429. The number of hydrogen-bond acceptors (Lipinski definition) is 3. The summed E-state index contributed by atoms with van der Waals surface area (Å²) in [6, 6.07) is 7.18. The van der Waals surface area contributed by atoms with Crippen molar-refractivity contribution < 1.29 is 4.79 Å². The van der Waals surface area contributed by atoms with Crippen LogP contribution in [0, 0.1) is 18.3 Å². The van der Waals surface area contributed by atoms with Gasteiger partial charge in [-0.3, -0.25) is 9.69 Å². The fourth-order valence-electron chi connectivity index (χ4n) is 1.60. The van der Waals surface area contributed by atoms with Gasteiger partial charge in [0.15, 0.2) is 0 Å². The lowest BCUT2D eigenvalue weighted by molar-refractivity contribution is -0.120. The molecule has 1 amide bonds. The van der Waals surface area contributed by atoms with Gasteiger partial charge in [0.2, 0.25) is 5.91 Å². The molecule has 1 atom stereocenters. The van der Waals surface area contributed by atoms with Crippen LogP contribution in [-0.4, -0.2) is 30.4 Å². The van der Waals surface area contributed by atoms with Gasteiger partial charge in [0, 0.05) is 23.7 Å². The predicted octanol–water partition coefficient (Wildman–Crippen LogP) is 2.82. The maximum Gasteiger partial charge on any atom is 0.241 e. The molecule has 0 aliphatic carbocycles. The molecule has 0 heterocycles. The number of amides is 1. The summed E-state index contributed by atoms with van der Waals surface area (Å²) in [6.45, 7) is 4.24. The molecule has 0 saturated heterocycles. The zero-order valence-corrected chi connectivity index (χ0v) is 12.2. The van der Waals surface area contributed by atoms with Crippen LogP contribution >= 0.6 is 11.6 Å². The van der Waals surface area contributed by atoms with E-state index in [9.17, 15) is 4.79 Å². The molecule has 4 nitrogen and oxygen atoms in total. The van der Waals surface area contributed by atoms with Crippen molar-refractivity contribution >= 4 is 23.2 Å². The molecule has 0 fully saturated rings. The Morgan fingerprint density at radius 3 is 2.89 bits per heavy atom. The molecule has 5 heteroatoms. The Balaban J connectivity index is 2.69. The van der Waals surface area contributed by atoms with E-state index in [1.807, 2.05) is 31.9 Å². The van der Waals surface area contributed by atoms with Crippen molar-refractivity contribution in [3.8, 4) is 6.07 Å². The summed E-state index contributed by atoms with van der Waals surface area (Å²) in [4.78, 5) is 13.9. The average molecular weight is 280 g/mol. The first-order chi connectivity index (χ1) is 8.97. The summed E-state index contributed by atoms with van der Waals surface area (Å²) in [5.74, 6) is -0.106. The Labute approximate surface area is 119 Å². The molecule has 0 radical (unpaired) electrons. The Morgan fingerprint density at radius 2 is 2.26 bits per heavy atom. The van der Waals surface area contributed by atoms with Gasteiger partial charge in [-0.1, -0.05) is 17.7 Å². The van der Waals surface area contributed by atoms with Crippen LogP contribution < -0.4 is 5.32 Å². The monoisotopic (exact) mass is 279 g/mol. The van der Waals surface area contributed by atoms with Gasteiger partial charge < -0.3 is 5.32 Å². The van der Waals surface area contributed by atoms with E-state index < -0.39 is 0 Å². The Kier molecular flexibility index (Phi) is 5.81. The van der Waals surface area contributed by atoms with E-state index in [0.29, 0.717) is 18.0 Å². The highest BCUT2D eigenvalue weighted by Gasteiger charge is 2.18. The van der Waals surface area contributed by atoms with Crippen LogP contribution in [0.4, 0.5) is 5.69 Å². The smallest absolute Gasteiger partial charge is 0.241 e. The molecular formula is C14H18ClN3O. The summed E-state index contributed by atoms with van der Waals surface area (Å²) in [6.07, 6.45) is 0.407. The summed E-state index contributed by atoms with van der Waals surface area (Å²) < 4.78 is 0. The minimum absolute atomic E-state index is 0.106. The minimum atomic E-state index is -0.299. The van der Waals surface area contributed by atoms with E-state index in [2.05, 4.69) is 11.4 Å². The number of rotatable bonds is 5. The number of anilines is 1. The van der Waals surface area contributed by atoms with Crippen LogP contribution in [0.3, 0.4) is 0 Å². The van der Waals surface area contributed by atoms with Crippen LogP contribution in [0.2, 0.25) is 5.02 Å². The van der Waals surface area contributed by atoms with Crippen molar-refractivity contribution in [1.29, 1.82) is 5.26 Å². The van der Waals surface area contributed by atoms with Crippen LogP contribution in [0.15, 0.2) is 18.2 Å². The topological polar surface area (TPSA) is 56.1 Å². The van der Waals surface area contributed by atoms with E-state index in [1.54, 1.807) is 12.1 Å². The van der Waals surface area contributed by atoms with E-state index in [1.165, 1.54) is 0 Å². The summed E-state index contributed by atoms with van der Waals surface area (Å²) in [7, 11) is 1.83. The van der Waals surface area contributed by atoms with Gasteiger partial charge in [-0.05, 0) is 38.6 Å². The van der Waals surface area contributed by atoms with Crippen LogP contribution in [-0.2, 0) is 4.79 Å². The molecule has 1 unspecified atom stereocenters. The van der Waals surface area contributed by atoms with Crippen molar-refractivity contribution in [3.05, 3.63) is 28.8 Å². The predicted molar refractivity (Wildman–Crippen MR) is 77.1 cm³/mol. The van der Waals surface area contributed by atoms with Gasteiger partial charge in [-0.2, -0.15) is 5.26 Å². The second-order valence-corrected chi connectivity index (χ2v) is 4.87. The SMILES string of the molecule is Cc1c(Cl)cccc1NC(=O)C(C)N(C)CCC#N. The zero-order valence-electron chi connectivity index (χ0n) is 11.4. The molecule has 0 saturated carbocycles. The second kappa shape index (κ2) is 7.13. The summed E-state index contributed by atoms with van der Waals surface area (Å²) in [5.41, 5.74) is 1.57. The van der Waals surface area contributed by atoms with E-state index in [-0.39, 0.29) is 11.9 Å². The molecule has 0 aliphatic rings. The van der Waals surface area contributed by atoms with Gasteiger partial charge in [0.1, 0.15) is 0 Å². The van der Waals surface area contributed by atoms with Crippen LogP contribution in [0.1, 0.15) is 18.9 Å². The summed E-state index contributed by atoms with van der Waals surface area (Å²) in [5, 5.41) is 12.0. The van der Waals surface area contributed by atoms with Crippen molar-refractivity contribution in [2.45, 2.75) is 26.3 Å². The zero-order chi connectivity index (χ0) is 14.4. The molecule has 0 bridgehead atoms. The molecule has 0 aliphatic heterocycles. The van der Waals surface area contributed by atoms with Gasteiger partial charge in [0.05, 0.1) is 12.1 Å². The normalized spacial score (nSPS) is 12.0. The molecule has 1 aromatic carbocycles. The highest BCUT2D eigenvalue weighted by Crippen LogP contribution is 2.23. The third-order valence-corrected chi connectivity index (χ3v) is 3.55. The Bertz CT molecular complexity index is 496. The Hall–Kier alpha value is -1.57. The number of nitrogens with zero attached hydrogens (tertiary/aromatic N) is 2. The van der Waals surface area contributed by atoms with E-state index >= 15 is 0 Å². The van der Waals surface area contributed by atoms with E-state index in [4.69, 9.17) is 16.9 Å². The van der Waals surface area contributed by atoms with Crippen molar-refractivity contribution in [3.63, 3.8) is 0 Å². The molecule has 1 rings (SSSR count). The maximum atomic E-state index is 12.1.